The predicted octanol–water partition coefficient (Wildman–Crippen LogP) is 2.60. The van der Waals surface area contributed by atoms with E-state index in [9.17, 15) is 18.8 Å². The SMILES string of the molecule is COC(=O)C(C)(Cc1ccc(F)cc1)N1C(=O)c2ccccc2C1=O. The minimum Gasteiger partial charge on any atom is -0.467 e. The second-order valence-electron chi connectivity index (χ2n) is 6.06. The summed E-state index contributed by atoms with van der Waals surface area (Å²) in [7, 11) is 1.20. The molecule has 0 radical (unpaired) electrons. The molecular formula is C19H16FNO4. The number of benzene rings is 2. The molecule has 2 aromatic rings. The second-order valence-corrected chi connectivity index (χ2v) is 6.06. The molecule has 1 aliphatic rings. The minimum absolute atomic E-state index is 0.0193. The lowest BCUT2D eigenvalue weighted by Gasteiger charge is -2.34. The number of ether oxygens (including phenoxy) is 1. The van der Waals surface area contributed by atoms with Crippen molar-refractivity contribution in [3.8, 4) is 0 Å². The first-order valence-electron chi connectivity index (χ1n) is 7.69. The van der Waals surface area contributed by atoms with E-state index in [1.807, 2.05) is 0 Å². The van der Waals surface area contributed by atoms with Crippen LogP contribution in [0.2, 0.25) is 0 Å². The van der Waals surface area contributed by atoms with Crippen molar-refractivity contribution in [2.45, 2.75) is 18.9 Å². The van der Waals surface area contributed by atoms with Crippen molar-refractivity contribution < 1.29 is 23.5 Å². The van der Waals surface area contributed by atoms with E-state index in [0.717, 1.165) is 4.90 Å². The largest absolute Gasteiger partial charge is 0.467 e. The van der Waals surface area contributed by atoms with E-state index in [2.05, 4.69) is 0 Å². The summed E-state index contributed by atoms with van der Waals surface area (Å²) in [6.45, 7) is 1.48. The van der Waals surface area contributed by atoms with Gasteiger partial charge in [-0.1, -0.05) is 24.3 Å². The number of nitrogens with zero attached hydrogens (tertiary/aromatic N) is 1. The van der Waals surface area contributed by atoms with Crippen LogP contribution < -0.4 is 0 Å². The highest BCUT2D eigenvalue weighted by Crippen LogP contribution is 2.32. The fourth-order valence-corrected chi connectivity index (χ4v) is 3.10. The van der Waals surface area contributed by atoms with Crippen molar-refractivity contribution in [3.05, 3.63) is 71.0 Å². The number of methoxy groups -OCH3 is 1. The van der Waals surface area contributed by atoms with Gasteiger partial charge in [0.05, 0.1) is 18.2 Å². The molecule has 2 amide bonds. The molecule has 6 heteroatoms. The van der Waals surface area contributed by atoms with Crippen molar-refractivity contribution in [1.29, 1.82) is 0 Å². The van der Waals surface area contributed by atoms with Gasteiger partial charge in [0.2, 0.25) is 0 Å². The summed E-state index contributed by atoms with van der Waals surface area (Å²) in [6.07, 6.45) is 0.0193. The number of rotatable bonds is 4. The number of fused-ring (bicyclic) bond motifs is 1. The summed E-state index contributed by atoms with van der Waals surface area (Å²) < 4.78 is 18.0. The molecule has 1 atom stereocenters. The molecule has 0 spiro atoms. The molecular weight excluding hydrogens is 325 g/mol. The molecule has 1 heterocycles. The standard InChI is InChI=1S/C19H16FNO4/c1-19(18(24)25-2,11-12-7-9-13(20)10-8-12)21-16(22)14-5-3-4-6-15(14)17(21)23/h3-10H,11H2,1-2H3. The first-order valence-corrected chi connectivity index (χ1v) is 7.69. The fourth-order valence-electron chi connectivity index (χ4n) is 3.10. The Morgan fingerprint density at radius 3 is 2.04 bits per heavy atom. The normalized spacial score (nSPS) is 15.7. The highest BCUT2D eigenvalue weighted by Gasteiger charge is 2.51. The van der Waals surface area contributed by atoms with Crippen LogP contribution in [-0.4, -0.2) is 35.3 Å². The molecule has 3 rings (SSSR count). The zero-order valence-corrected chi connectivity index (χ0v) is 13.8. The Morgan fingerprint density at radius 1 is 1.04 bits per heavy atom. The average molecular weight is 341 g/mol. The topological polar surface area (TPSA) is 63.7 Å². The van der Waals surface area contributed by atoms with Crippen LogP contribution in [0, 0.1) is 5.82 Å². The van der Waals surface area contributed by atoms with Gasteiger partial charge >= 0.3 is 5.97 Å². The number of carbonyl (C=O) groups is 3. The number of esters is 1. The minimum atomic E-state index is -1.54. The number of hydrogen-bond acceptors (Lipinski definition) is 4. The van der Waals surface area contributed by atoms with Gasteiger partial charge in [-0.05, 0) is 36.8 Å². The highest BCUT2D eigenvalue weighted by atomic mass is 19.1. The lowest BCUT2D eigenvalue weighted by molar-refractivity contribution is -0.151. The number of halogens is 1. The molecule has 0 bridgehead atoms. The Morgan fingerprint density at radius 2 is 1.56 bits per heavy atom. The van der Waals surface area contributed by atoms with Crippen molar-refractivity contribution in [1.82, 2.24) is 4.90 Å². The summed E-state index contributed by atoms with van der Waals surface area (Å²) in [5, 5.41) is 0. The number of carbonyl (C=O) groups excluding carboxylic acids is 3. The quantitative estimate of drug-likeness (QED) is 0.633. The van der Waals surface area contributed by atoms with Crippen LogP contribution in [0.5, 0.6) is 0 Å². The Labute approximate surface area is 144 Å². The van der Waals surface area contributed by atoms with E-state index in [4.69, 9.17) is 4.74 Å². The van der Waals surface area contributed by atoms with Crippen LogP contribution in [-0.2, 0) is 16.0 Å². The predicted molar refractivity (Wildman–Crippen MR) is 87.5 cm³/mol. The maximum absolute atomic E-state index is 13.1. The molecule has 0 aliphatic carbocycles. The summed E-state index contributed by atoms with van der Waals surface area (Å²) in [5.74, 6) is -2.22. The number of hydrogen-bond donors (Lipinski definition) is 0. The average Bonchev–Trinajstić information content (AvgIpc) is 2.88. The van der Waals surface area contributed by atoms with Gasteiger partial charge in [-0.25, -0.2) is 9.18 Å². The van der Waals surface area contributed by atoms with E-state index in [1.54, 1.807) is 24.3 Å². The lowest BCUT2D eigenvalue weighted by atomic mass is 9.90. The zero-order chi connectivity index (χ0) is 18.2. The van der Waals surface area contributed by atoms with Crippen LogP contribution in [0.3, 0.4) is 0 Å². The monoisotopic (exact) mass is 341 g/mol. The number of imide groups is 1. The van der Waals surface area contributed by atoms with Gasteiger partial charge < -0.3 is 4.74 Å². The van der Waals surface area contributed by atoms with Crippen molar-refractivity contribution >= 4 is 17.8 Å². The molecule has 1 unspecified atom stereocenters. The van der Waals surface area contributed by atoms with Gasteiger partial charge in [-0.3, -0.25) is 14.5 Å². The molecule has 2 aromatic carbocycles. The zero-order valence-electron chi connectivity index (χ0n) is 13.8. The van der Waals surface area contributed by atoms with Crippen molar-refractivity contribution in [2.75, 3.05) is 7.11 Å². The molecule has 1 aliphatic heterocycles. The third-order valence-corrected chi connectivity index (χ3v) is 4.37. The fraction of sp³-hybridized carbons (Fsp3) is 0.211. The summed E-state index contributed by atoms with van der Waals surface area (Å²) in [6, 6.07) is 11.9. The molecule has 25 heavy (non-hydrogen) atoms. The maximum Gasteiger partial charge on any atom is 0.332 e. The lowest BCUT2D eigenvalue weighted by Crippen LogP contribution is -2.57. The molecule has 0 aromatic heterocycles. The van der Waals surface area contributed by atoms with Crippen molar-refractivity contribution in [3.63, 3.8) is 0 Å². The van der Waals surface area contributed by atoms with Crippen LogP contribution in [0.4, 0.5) is 4.39 Å². The molecule has 0 fully saturated rings. The van der Waals surface area contributed by atoms with Crippen LogP contribution in [0.1, 0.15) is 33.2 Å². The third kappa shape index (κ3) is 2.69. The molecule has 0 saturated carbocycles. The summed E-state index contributed by atoms with van der Waals surface area (Å²) >= 11 is 0. The van der Waals surface area contributed by atoms with E-state index in [-0.39, 0.29) is 17.5 Å². The van der Waals surface area contributed by atoms with E-state index in [1.165, 1.54) is 38.3 Å². The number of amides is 2. The van der Waals surface area contributed by atoms with E-state index < -0.39 is 29.1 Å². The van der Waals surface area contributed by atoms with Crippen LogP contribution in [0.15, 0.2) is 48.5 Å². The Bertz CT molecular complexity index is 827. The van der Waals surface area contributed by atoms with Crippen LogP contribution in [0.25, 0.3) is 0 Å². The molecule has 128 valence electrons. The van der Waals surface area contributed by atoms with E-state index >= 15 is 0 Å². The first-order chi connectivity index (χ1) is 11.9. The first kappa shape index (κ1) is 16.8. The Balaban J connectivity index is 2.05. The van der Waals surface area contributed by atoms with Gasteiger partial charge in [0.1, 0.15) is 11.4 Å². The van der Waals surface area contributed by atoms with Crippen LogP contribution >= 0.6 is 0 Å². The Kier molecular flexibility index (Phi) is 4.12. The second kappa shape index (κ2) is 6.12. The molecule has 0 saturated heterocycles. The van der Waals surface area contributed by atoms with Gasteiger partial charge in [0.15, 0.2) is 0 Å². The van der Waals surface area contributed by atoms with E-state index in [0.29, 0.717) is 5.56 Å². The summed E-state index contributed by atoms with van der Waals surface area (Å²) in [5.41, 5.74) is -0.436. The van der Waals surface area contributed by atoms with Crippen molar-refractivity contribution in [2.24, 2.45) is 0 Å². The maximum atomic E-state index is 13.1. The molecule has 0 N–H and O–H groups in total. The summed E-state index contributed by atoms with van der Waals surface area (Å²) in [4.78, 5) is 38.9. The third-order valence-electron chi connectivity index (χ3n) is 4.37. The smallest absolute Gasteiger partial charge is 0.332 e. The highest BCUT2D eigenvalue weighted by molar-refractivity contribution is 6.23. The van der Waals surface area contributed by atoms with Gasteiger partial charge in [0, 0.05) is 6.42 Å². The van der Waals surface area contributed by atoms with Gasteiger partial charge in [-0.15, -0.1) is 0 Å². The van der Waals surface area contributed by atoms with Gasteiger partial charge in [0.25, 0.3) is 11.8 Å². The Hall–Kier alpha value is -3.02. The molecule has 5 nitrogen and oxygen atoms in total. The van der Waals surface area contributed by atoms with Gasteiger partial charge in [-0.2, -0.15) is 0 Å².